The maximum atomic E-state index is 15.7. The zero-order chi connectivity index (χ0) is 29.5. The Bertz CT molecular complexity index is 1470. The zero-order valence-corrected chi connectivity index (χ0v) is 25.0. The van der Waals surface area contributed by atoms with Gasteiger partial charge in [-0.1, -0.05) is 29.8 Å². The summed E-state index contributed by atoms with van der Waals surface area (Å²) in [5, 5.41) is 20.0. The third-order valence-corrected chi connectivity index (χ3v) is 8.28. The number of benzene rings is 2. The van der Waals surface area contributed by atoms with Gasteiger partial charge in [-0.25, -0.2) is 9.37 Å². The van der Waals surface area contributed by atoms with Gasteiger partial charge in [0.1, 0.15) is 10.8 Å². The SMILES string of the molecule is Cc1c(Nc2ncc(Cl)c(NCc3cccc4c3C(C)(C)C(=O)N4)n2)ccc(C2CCCN(CC(C)(C)O)C2)c1F. The fraction of sp³-hybridized carbons (Fsp3) is 0.452. The number of hydrogen-bond acceptors (Lipinski definition) is 7. The number of β-amino-alcohol motifs (C(OH)–C–C–N with tert-alkyl or cyclic N) is 1. The number of nitrogens with zero attached hydrogens (tertiary/aromatic N) is 3. The van der Waals surface area contributed by atoms with Crippen LogP contribution in [0.3, 0.4) is 0 Å². The summed E-state index contributed by atoms with van der Waals surface area (Å²) in [6.45, 7) is 11.8. The van der Waals surface area contributed by atoms with Gasteiger partial charge >= 0.3 is 0 Å². The number of fused-ring (bicyclic) bond motifs is 1. The summed E-state index contributed by atoms with van der Waals surface area (Å²) >= 11 is 6.42. The normalized spacial score (nSPS) is 18.6. The fourth-order valence-corrected chi connectivity index (χ4v) is 6.15. The summed E-state index contributed by atoms with van der Waals surface area (Å²) in [6.07, 6.45) is 3.37. The third kappa shape index (κ3) is 6.17. The van der Waals surface area contributed by atoms with Crippen molar-refractivity contribution in [2.45, 2.75) is 70.9 Å². The van der Waals surface area contributed by atoms with E-state index in [0.717, 1.165) is 36.2 Å². The lowest BCUT2D eigenvalue weighted by Crippen LogP contribution is -2.43. The van der Waals surface area contributed by atoms with E-state index in [2.05, 4.69) is 30.8 Å². The number of aliphatic hydroxyl groups is 1. The van der Waals surface area contributed by atoms with E-state index in [-0.39, 0.29) is 23.6 Å². The molecule has 1 atom stereocenters. The topological polar surface area (TPSA) is 102 Å². The van der Waals surface area contributed by atoms with Crippen molar-refractivity contribution in [3.63, 3.8) is 0 Å². The van der Waals surface area contributed by atoms with Crippen LogP contribution in [-0.4, -0.2) is 51.1 Å². The van der Waals surface area contributed by atoms with Crippen LogP contribution in [0.4, 0.5) is 27.5 Å². The molecule has 8 nitrogen and oxygen atoms in total. The lowest BCUT2D eigenvalue weighted by atomic mass is 9.83. The summed E-state index contributed by atoms with van der Waals surface area (Å²) in [4.78, 5) is 23.5. The van der Waals surface area contributed by atoms with Crippen molar-refractivity contribution in [1.29, 1.82) is 0 Å². The van der Waals surface area contributed by atoms with Crippen LogP contribution in [0.15, 0.2) is 36.5 Å². The number of hydrogen-bond donors (Lipinski definition) is 4. The van der Waals surface area contributed by atoms with Gasteiger partial charge in [0.05, 0.1) is 17.2 Å². The largest absolute Gasteiger partial charge is 0.389 e. The van der Waals surface area contributed by atoms with Gasteiger partial charge in [0.15, 0.2) is 5.82 Å². The predicted octanol–water partition coefficient (Wildman–Crippen LogP) is 6.11. The molecule has 218 valence electrons. The van der Waals surface area contributed by atoms with Gasteiger partial charge in [0, 0.05) is 36.6 Å². The minimum atomic E-state index is -0.787. The van der Waals surface area contributed by atoms with Gasteiger partial charge in [-0.05, 0) is 88.7 Å². The molecule has 1 aromatic heterocycles. The second-order valence-electron chi connectivity index (χ2n) is 12.3. The Hall–Kier alpha value is -3.27. The highest BCUT2D eigenvalue weighted by Crippen LogP contribution is 2.40. The summed E-state index contributed by atoms with van der Waals surface area (Å²) in [5.41, 5.74) is 3.07. The highest BCUT2D eigenvalue weighted by molar-refractivity contribution is 6.32. The van der Waals surface area contributed by atoms with Gasteiger partial charge < -0.3 is 21.1 Å². The average Bonchev–Trinajstić information content (AvgIpc) is 3.14. The van der Waals surface area contributed by atoms with Crippen molar-refractivity contribution in [2.24, 2.45) is 0 Å². The molecule has 0 radical (unpaired) electrons. The number of aromatic nitrogens is 2. The Morgan fingerprint density at radius 3 is 2.80 bits per heavy atom. The summed E-state index contributed by atoms with van der Waals surface area (Å²) in [7, 11) is 0. The molecule has 1 fully saturated rings. The van der Waals surface area contributed by atoms with Crippen molar-refractivity contribution in [1.82, 2.24) is 14.9 Å². The monoisotopic (exact) mass is 580 g/mol. The summed E-state index contributed by atoms with van der Waals surface area (Å²) < 4.78 is 15.7. The fourth-order valence-electron chi connectivity index (χ4n) is 5.99. The van der Waals surface area contributed by atoms with Crippen LogP contribution in [0.25, 0.3) is 0 Å². The predicted molar refractivity (Wildman–Crippen MR) is 162 cm³/mol. The first-order valence-corrected chi connectivity index (χ1v) is 14.4. The minimum absolute atomic E-state index is 0.0324. The smallest absolute Gasteiger partial charge is 0.234 e. The van der Waals surface area contributed by atoms with E-state index in [1.54, 1.807) is 20.8 Å². The molecule has 1 amide bonds. The molecule has 5 rings (SSSR count). The molecule has 3 aromatic rings. The number of nitrogens with one attached hydrogen (secondary N) is 3. The maximum Gasteiger partial charge on any atom is 0.234 e. The number of amides is 1. The summed E-state index contributed by atoms with van der Waals surface area (Å²) in [5.74, 6) is 0.518. The molecule has 0 saturated carbocycles. The number of likely N-dealkylation sites (tertiary alicyclic amines) is 1. The van der Waals surface area contributed by atoms with Crippen LogP contribution in [0.5, 0.6) is 0 Å². The molecule has 41 heavy (non-hydrogen) atoms. The van der Waals surface area contributed by atoms with Crippen LogP contribution in [0, 0.1) is 12.7 Å². The Morgan fingerprint density at radius 2 is 2.05 bits per heavy atom. The van der Waals surface area contributed by atoms with Crippen LogP contribution in [0.2, 0.25) is 5.02 Å². The van der Waals surface area contributed by atoms with E-state index in [4.69, 9.17) is 11.6 Å². The number of anilines is 4. The van der Waals surface area contributed by atoms with Crippen molar-refractivity contribution < 1.29 is 14.3 Å². The maximum absolute atomic E-state index is 15.7. The molecule has 4 N–H and O–H groups in total. The molecular weight excluding hydrogens is 543 g/mol. The first kappa shape index (κ1) is 29.2. The van der Waals surface area contributed by atoms with E-state index in [1.165, 1.54) is 6.20 Å². The Labute approximate surface area is 245 Å². The summed E-state index contributed by atoms with van der Waals surface area (Å²) in [6, 6.07) is 9.49. The van der Waals surface area contributed by atoms with Crippen molar-refractivity contribution >= 4 is 40.6 Å². The number of rotatable bonds is 8. The van der Waals surface area contributed by atoms with Crippen LogP contribution >= 0.6 is 11.6 Å². The Morgan fingerprint density at radius 1 is 1.27 bits per heavy atom. The van der Waals surface area contributed by atoms with E-state index in [0.29, 0.717) is 47.3 Å². The molecular formula is C31H38ClFN6O2. The molecule has 2 aliphatic heterocycles. The lowest BCUT2D eigenvalue weighted by molar-refractivity contribution is -0.119. The zero-order valence-electron chi connectivity index (χ0n) is 24.2. The number of carbonyl (C=O) groups is 1. The highest BCUT2D eigenvalue weighted by atomic mass is 35.5. The molecule has 3 heterocycles. The van der Waals surface area contributed by atoms with Crippen molar-refractivity contribution in [3.05, 3.63) is 69.6 Å². The lowest BCUT2D eigenvalue weighted by Gasteiger charge is -2.36. The average molecular weight is 581 g/mol. The van der Waals surface area contributed by atoms with Crippen molar-refractivity contribution in [3.8, 4) is 0 Å². The Kier molecular flexibility index (Phi) is 7.98. The number of halogens is 2. The van der Waals surface area contributed by atoms with E-state index in [9.17, 15) is 9.90 Å². The molecule has 2 aromatic carbocycles. The second kappa shape index (κ2) is 11.2. The van der Waals surface area contributed by atoms with Crippen LogP contribution in [0.1, 0.15) is 68.7 Å². The van der Waals surface area contributed by atoms with Gasteiger partial charge in [-0.3, -0.25) is 9.69 Å². The molecule has 0 aliphatic carbocycles. The molecule has 2 aliphatic rings. The van der Waals surface area contributed by atoms with Gasteiger partial charge in [-0.15, -0.1) is 0 Å². The van der Waals surface area contributed by atoms with Gasteiger partial charge in [0.25, 0.3) is 0 Å². The van der Waals surface area contributed by atoms with E-state index in [1.807, 2.05) is 44.2 Å². The van der Waals surface area contributed by atoms with Gasteiger partial charge in [0.2, 0.25) is 11.9 Å². The molecule has 0 spiro atoms. The number of piperidine rings is 1. The van der Waals surface area contributed by atoms with Crippen LogP contribution in [-0.2, 0) is 16.8 Å². The highest BCUT2D eigenvalue weighted by Gasteiger charge is 2.40. The molecule has 1 unspecified atom stereocenters. The van der Waals surface area contributed by atoms with E-state index < -0.39 is 11.0 Å². The van der Waals surface area contributed by atoms with Crippen LogP contribution < -0.4 is 16.0 Å². The van der Waals surface area contributed by atoms with Crippen molar-refractivity contribution in [2.75, 3.05) is 35.6 Å². The standard InChI is InChI=1S/C31H38ClFN6O2/c1-18-23(12-11-21(26(18)33)20-9-7-13-39(16-20)17-30(2,3)41)37-29-35-15-22(32)27(38-29)34-14-19-8-6-10-24-25(19)31(4,5)28(40)36-24/h6,8,10-12,15,20,41H,7,9,13-14,16-17H2,1-5H3,(H,36,40)(H2,34,35,37,38). The minimum Gasteiger partial charge on any atom is -0.389 e. The van der Waals surface area contributed by atoms with Gasteiger partial charge in [-0.2, -0.15) is 4.98 Å². The molecule has 1 saturated heterocycles. The molecule has 0 bridgehead atoms. The third-order valence-electron chi connectivity index (χ3n) is 8.00. The first-order chi connectivity index (χ1) is 19.3. The quantitative estimate of drug-likeness (QED) is 0.255. The Balaban J connectivity index is 1.31. The molecule has 10 heteroatoms. The number of carbonyl (C=O) groups excluding carboxylic acids is 1. The van der Waals surface area contributed by atoms with E-state index >= 15 is 4.39 Å². The second-order valence-corrected chi connectivity index (χ2v) is 12.7. The first-order valence-electron chi connectivity index (χ1n) is 14.0.